The standard InChI is InChI=1S/C12H14O5/c1-16-9-6-7(11(14)17-2)5-8(10(9)13)12(15)3-4-12/h5-6,13,15H,3-4H2,1-2H3. The first kappa shape index (κ1) is 11.7. The summed E-state index contributed by atoms with van der Waals surface area (Å²) in [4.78, 5) is 11.5. The molecule has 1 aromatic carbocycles. The van der Waals surface area contributed by atoms with Gasteiger partial charge in [0.1, 0.15) is 0 Å². The summed E-state index contributed by atoms with van der Waals surface area (Å²) in [5.74, 6) is -0.503. The molecule has 92 valence electrons. The molecule has 5 nitrogen and oxygen atoms in total. The second-order valence-electron chi connectivity index (χ2n) is 4.10. The van der Waals surface area contributed by atoms with Crippen molar-refractivity contribution in [2.24, 2.45) is 0 Å². The van der Waals surface area contributed by atoms with Crippen LogP contribution < -0.4 is 4.74 Å². The number of rotatable bonds is 3. The smallest absolute Gasteiger partial charge is 0.337 e. The predicted octanol–water partition coefficient (Wildman–Crippen LogP) is 1.17. The normalized spacial score (nSPS) is 16.4. The lowest BCUT2D eigenvalue weighted by Gasteiger charge is -2.14. The van der Waals surface area contributed by atoms with Gasteiger partial charge in [0, 0.05) is 5.56 Å². The Morgan fingerprint density at radius 3 is 2.47 bits per heavy atom. The van der Waals surface area contributed by atoms with E-state index in [1.807, 2.05) is 0 Å². The van der Waals surface area contributed by atoms with Gasteiger partial charge in [0.25, 0.3) is 0 Å². The number of phenols is 1. The molecule has 1 aliphatic carbocycles. The summed E-state index contributed by atoms with van der Waals surface area (Å²) in [5, 5.41) is 19.9. The zero-order chi connectivity index (χ0) is 12.6. The quantitative estimate of drug-likeness (QED) is 0.773. The van der Waals surface area contributed by atoms with E-state index in [0.717, 1.165) is 0 Å². The highest BCUT2D eigenvalue weighted by molar-refractivity contribution is 5.90. The lowest BCUT2D eigenvalue weighted by Crippen LogP contribution is -2.09. The van der Waals surface area contributed by atoms with Gasteiger partial charge in [-0.25, -0.2) is 4.79 Å². The molecule has 0 saturated heterocycles. The summed E-state index contributed by atoms with van der Waals surface area (Å²) in [6, 6.07) is 2.83. The molecule has 17 heavy (non-hydrogen) atoms. The van der Waals surface area contributed by atoms with Crippen LogP contribution in [0.3, 0.4) is 0 Å². The van der Waals surface area contributed by atoms with Crippen molar-refractivity contribution in [1.82, 2.24) is 0 Å². The van der Waals surface area contributed by atoms with E-state index in [1.165, 1.54) is 26.4 Å². The Balaban J connectivity index is 2.54. The Kier molecular flexibility index (Phi) is 2.71. The molecule has 5 heteroatoms. The Bertz CT molecular complexity index is 462. The van der Waals surface area contributed by atoms with Crippen LogP contribution in [0.4, 0.5) is 0 Å². The number of ether oxygens (including phenoxy) is 2. The third kappa shape index (κ3) is 1.93. The number of aliphatic hydroxyl groups is 1. The van der Waals surface area contributed by atoms with Crippen LogP contribution in [0.5, 0.6) is 11.5 Å². The molecule has 0 aromatic heterocycles. The molecule has 0 spiro atoms. The first-order valence-corrected chi connectivity index (χ1v) is 5.24. The minimum atomic E-state index is -1.04. The molecule has 0 heterocycles. The van der Waals surface area contributed by atoms with Crippen LogP contribution in [0.15, 0.2) is 12.1 Å². The molecule has 0 unspecified atom stereocenters. The first-order valence-electron chi connectivity index (χ1n) is 5.24. The number of esters is 1. The van der Waals surface area contributed by atoms with Crippen molar-refractivity contribution in [1.29, 1.82) is 0 Å². The van der Waals surface area contributed by atoms with Crippen molar-refractivity contribution in [3.8, 4) is 11.5 Å². The number of methoxy groups -OCH3 is 2. The SMILES string of the molecule is COC(=O)c1cc(OC)c(O)c(C2(O)CC2)c1. The maximum atomic E-state index is 11.5. The third-order valence-corrected chi connectivity index (χ3v) is 2.94. The van der Waals surface area contributed by atoms with Crippen LogP contribution in [0.2, 0.25) is 0 Å². The maximum absolute atomic E-state index is 11.5. The number of carbonyl (C=O) groups is 1. The number of phenolic OH excluding ortho intramolecular Hbond substituents is 1. The molecule has 0 bridgehead atoms. The van der Waals surface area contributed by atoms with Crippen molar-refractivity contribution in [3.63, 3.8) is 0 Å². The second-order valence-corrected chi connectivity index (χ2v) is 4.10. The number of carbonyl (C=O) groups excluding carboxylic acids is 1. The van der Waals surface area contributed by atoms with Gasteiger partial charge in [0.2, 0.25) is 0 Å². The molecular formula is C12H14O5. The van der Waals surface area contributed by atoms with E-state index in [-0.39, 0.29) is 17.1 Å². The maximum Gasteiger partial charge on any atom is 0.337 e. The molecule has 1 saturated carbocycles. The van der Waals surface area contributed by atoms with E-state index in [2.05, 4.69) is 4.74 Å². The van der Waals surface area contributed by atoms with Crippen LogP contribution in [0, 0.1) is 0 Å². The summed E-state index contributed by atoms with van der Waals surface area (Å²) in [6.45, 7) is 0. The fraction of sp³-hybridized carbons (Fsp3) is 0.417. The predicted molar refractivity (Wildman–Crippen MR) is 59.1 cm³/mol. The fourth-order valence-corrected chi connectivity index (χ4v) is 1.74. The van der Waals surface area contributed by atoms with E-state index in [0.29, 0.717) is 18.4 Å². The lowest BCUT2D eigenvalue weighted by atomic mass is 10.0. The van der Waals surface area contributed by atoms with E-state index in [1.54, 1.807) is 0 Å². The number of aromatic hydroxyl groups is 1. The molecule has 2 rings (SSSR count). The highest BCUT2D eigenvalue weighted by atomic mass is 16.5. The van der Waals surface area contributed by atoms with Gasteiger partial charge in [-0.05, 0) is 25.0 Å². The number of benzene rings is 1. The summed E-state index contributed by atoms with van der Waals surface area (Å²) < 4.78 is 9.58. The van der Waals surface area contributed by atoms with Crippen molar-refractivity contribution in [3.05, 3.63) is 23.3 Å². The lowest BCUT2D eigenvalue weighted by molar-refractivity contribution is 0.0599. The Hall–Kier alpha value is -1.75. The van der Waals surface area contributed by atoms with Gasteiger partial charge in [-0.1, -0.05) is 0 Å². The number of hydrogen-bond donors (Lipinski definition) is 2. The van der Waals surface area contributed by atoms with Crippen molar-refractivity contribution < 1.29 is 24.5 Å². The van der Waals surface area contributed by atoms with Crippen molar-refractivity contribution in [2.45, 2.75) is 18.4 Å². The summed E-state index contributed by atoms with van der Waals surface area (Å²) in [6.07, 6.45) is 1.13. The van der Waals surface area contributed by atoms with E-state index < -0.39 is 11.6 Å². The minimum absolute atomic E-state index is 0.125. The monoisotopic (exact) mass is 238 g/mol. The highest BCUT2D eigenvalue weighted by Crippen LogP contribution is 2.51. The summed E-state index contributed by atoms with van der Waals surface area (Å²) in [5.41, 5.74) is -0.476. The summed E-state index contributed by atoms with van der Waals surface area (Å²) in [7, 11) is 2.66. The van der Waals surface area contributed by atoms with E-state index >= 15 is 0 Å². The van der Waals surface area contributed by atoms with Gasteiger partial charge in [0.15, 0.2) is 11.5 Å². The molecular weight excluding hydrogens is 224 g/mol. The van der Waals surface area contributed by atoms with Gasteiger partial charge < -0.3 is 19.7 Å². The minimum Gasteiger partial charge on any atom is -0.504 e. The molecule has 2 N–H and O–H groups in total. The molecule has 0 amide bonds. The molecule has 1 fully saturated rings. The van der Waals surface area contributed by atoms with Crippen molar-refractivity contribution in [2.75, 3.05) is 14.2 Å². The Morgan fingerprint density at radius 1 is 1.35 bits per heavy atom. The van der Waals surface area contributed by atoms with Gasteiger partial charge in [0.05, 0.1) is 25.4 Å². The highest BCUT2D eigenvalue weighted by Gasteiger charge is 2.45. The van der Waals surface area contributed by atoms with Gasteiger partial charge in [-0.2, -0.15) is 0 Å². The molecule has 1 aromatic rings. The average Bonchev–Trinajstić information content (AvgIpc) is 3.07. The van der Waals surface area contributed by atoms with E-state index in [4.69, 9.17) is 4.74 Å². The van der Waals surface area contributed by atoms with Crippen LogP contribution in [-0.2, 0) is 10.3 Å². The first-order chi connectivity index (χ1) is 8.01. The largest absolute Gasteiger partial charge is 0.504 e. The van der Waals surface area contributed by atoms with Crippen LogP contribution >= 0.6 is 0 Å². The van der Waals surface area contributed by atoms with Gasteiger partial charge in [-0.15, -0.1) is 0 Å². The average molecular weight is 238 g/mol. The van der Waals surface area contributed by atoms with Crippen LogP contribution in [-0.4, -0.2) is 30.4 Å². The van der Waals surface area contributed by atoms with Gasteiger partial charge in [-0.3, -0.25) is 0 Å². The summed E-state index contributed by atoms with van der Waals surface area (Å²) >= 11 is 0. The van der Waals surface area contributed by atoms with Gasteiger partial charge >= 0.3 is 5.97 Å². The van der Waals surface area contributed by atoms with Crippen LogP contribution in [0.25, 0.3) is 0 Å². The van der Waals surface area contributed by atoms with Crippen LogP contribution in [0.1, 0.15) is 28.8 Å². The van der Waals surface area contributed by atoms with Crippen molar-refractivity contribution >= 4 is 5.97 Å². The zero-order valence-electron chi connectivity index (χ0n) is 9.69. The Morgan fingerprint density at radius 2 is 2.00 bits per heavy atom. The topological polar surface area (TPSA) is 76.0 Å². The molecule has 1 aliphatic rings. The molecule has 0 atom stereocenters. The Labute approximate surface area is 98.6 Å². The third-order valence-electron chi connectivity index (χ3n) is 2.94. The second kappa shape index (κ2) is 3.92. The number of hydrogen-bond acceptors (Lipinski definition) is 5. The molecule has 0 radical (unpaired) electrons. The fourth-order valence-electron chi connectivity index (χ4n) is 1.74. The zero-order valence-corrected chi connectivity index (χ0v) is 9.69. The van der Waals surface area contributed by atoms with E-state index in [9.17, 15) is 15.0 Å². The molecule has 0 aliphatic heterocycles.